The molecule has 20 heavy (non-hydrogen) atoms. The summed E-state index contributed by atoms with van der Waals surface area (Å²) in [6.07, 6.45) is 0.762. The van der Waals surface area contributed by atoms with Crippen molar-refractivity contribution in [1.82, 2.24) is 9.55 Å². The molecule has 2 aromatic rings. The summed E-state index contributed by atoms with van der Waals surface area (Å²) >= 11 is 5.89. The molecule has 0 N–H and O–H groups in total. The fourth-order valence-corrected chi connectivity index (χ4v) is 2.58. The molecule has 110 valence electrons. The van der Waals surface area contributed by atoms with E-state index in [4.69, 9.17) is 21.1 Å². The molecule has 0 spiro atoms. The molecule has 2 rings (SSSR count). The minimum atomic E-state index is 0.425. The van der Waals surface area contributed by atoms with Gasteiger partial charge in [0.1, 0.15) is 11.6 Å². The zero-order valence-corrected chi connectivity index (χ0v) is 13.0. The van der Waals surface area contributed by atoms with Gasteiger partial charge >= 0.3 is 0 Å². The standard InChI is InChI=1S/C15H21ClN2O2/c1-11(10-19-2)9-18-14-5-4-12(20-3)8-13(14)17-15(18)6-7-16/h4-5,8,11H,6-7,9-10H2,1-3H3. The van der Waals surface area contributed by atoms with Gasteiger partial charge in [-0.25, -0.2) is 4.98 Å². The average Bonchev–Trinajstić information content (AvgIpc) is 2.76. The van der Waals surface area contributed by atoms with E-state index in [1.807, 2.05) is 12.1 Å². The highest BCUT2D eigenvalue weighted by Gasteiger charge is 2.13. The Morgan fingerprint density at radius 1 is 1.35 bits per heavy atom. The predicted molar refractivity (Wildman–Crippen MR) is 81.7 cm³/mol. The molecule has 5 heteroatoms. The quantitative estimate of drug-likeness (QED) is 0.737. The van der Waals surface area contributed by atoms with Crippen molar-refractivity contribution in [3.05, 3.63) is 24.0 Å². The first kappa shape index (κ1) is 15.1. The van der Waals surface area contributed by atoms with Crippen molar-refractivity contribution in [2.24, 2.45) is 5.92 Å². The molecule has 0 amide bonds. The van der Waals surface area contributed by atoms with Gasteiger partial charge < -0.3 is 14.0 Å². The van der Waals surface area contributed by atoms with Crippen molar-refractivity contribution in [2.45, 2.75) is 19.9 Å². The van der Waals surface area contributed by atoms with Crippen molar-refractivity contribution in [3.63, 3.8) is 0 Å². The van der Waals surface area contributed by atoms with Gasteiger partial charge in [0.2, 0.25) is 0 Å². The zero-order valence-electron chi connectivity index (χ0n) is 12.2. The molecule has 1 unspecified atom stereocenters. The van der Waals surface area contributed by atoms with E-state index in [-0.39, 0.29) is 0 Å². The fraction of sp³-hybridized carbons (Fsp3) is 0.533. The summed E-state index contributed by atoms with van der Waals surface area (Å²) in [5, 5.41) is 0. The topological polar surface area (TPSA) is 36.3 Å². The molecule has 0 aliphatic rings. The van der Waals surface area contributed by atoms with E-state index in [1.54, 1.807) is 14.2 Å². The number of fused-ring (bicyclic) bond motifs is 1. The van der Waals surface area contributed by atoms with Gasteiger partial charge in [-0.1, -0.05) is 6.92 Å². The maximum Gasteiger partial charge on any atom is 0.121 e. The number of imidazole rings is 1. The third kappa shape index (κ3) is 3.25. The van der Waals surface area contributed by atoms with Crippen LogP contribution in [0.25, 0.3) is 11.0 Å². The number of rotatable bonds is 7. The highest BCUT2D eigenvalue weighted by Crippen LogP contribution is 2.23. The van der Waals surface area contributed by atoms with Gasteiger partial charge in [0.25, 0.3) is 0 Å². The Bertz CT molecular complexity index is 568. The van der Waals surface area contributed by atoms with Crippen LogP contribution in [0.15, 0.2) is 18.2 Å². The van der Waals surface area contributed by atoms with Crippen LogP contribution in [0, 0.1) is 5.92 Å². The van der Waals surface area contributed by atoms with Crippen LogP contribution < -0.4 is 4.74 Å². The molecule has 1 heterocycles. The SMILES string of the molecule is COCC(C)Cn1c(CCCl)nc2cc(OC)ccc21. The van der Waals surface area contributed by atoms with Crippen LogP contribution in [-0.2, 0) is 17.7 Å². The monoisotopic (exact) mass is 296 g/mol. The number of benzene rings is 1. The van der Waals surface area contributed by atoms with Gasteiger partial charge in [-0.15, -0.1) is 11.6 Å². The molecule has 0 bridgehead atoms. The van der Waals surface area contributed by atoms with E-state index >= 15 is 0 Å². The molecule has 1 atom stereocenters. The predicted octanol–water partition coefficient (Wildman–Crippen LogP) is 3.11. The Kier molecular flexibility index (Phi) is 5.26. The number of hydrogen-bond acceptors (Lipinski definition) is 3. The summed E-state index contributed by atoms with van der Waals surface area (Å²) in [4.78, 5) is 4.68. The number of halogens is 1. The van der Waals surface area contributed by atoms with E-state index < -0.39 is 0 Å². The second-order valence-electron chi connectivity index (χ2n) is 4.99. The molecule has 0 fully saturated rings. The summed E-state index contributed by atoms with van der Waals surface area (Å²) in [5.41, 5.74) is 2.07. The second-order valence-corrected chi connectivity index (χ2v) is 5.37. The Hall–Kier alpha value is -1.26. The lowest BCUT2D eigenvalue weighted by Crippen LogP contribution is -2.15. The van der Waals surface area contributed by atoms with Crippen LogP contribution in [0.5, 0.6) is 5.75 Å². The van der Waals surface area contributed by atoms with Crippen LogP contribution in [0.1, 0.15) is 12.7 Å². The van der Waals surface area contributed by atoms with Gasteiger partial charge in [-0.3, -0.25) is 0 Å². The van der Waals surface area contributed by atoms with Crippen molar-refractivity contribution in [3.8, 4) is 5.75 Å². The van der Waals surface area contributed by atoms with Crippen molar-refractivity contribution in [2.75, 3.05) is 26.7 Å². The highest BCUT2D eigenvalue weighted by atomic mass is 35.5. The number of aromatic nitrogens is 2. The fourth-order valence-electron chi connectivity index (χ4n) is 2.41. The zero-order chi connectivity index (χ0) is 14.5. The maximum absolute atomic E-state index is 5.89. The number of aryl methyl sites for hydroxylation is 1. The number of hydrogen-bond donors (Lipinski definition) is 0. The molecule has 0 saturated carbocycles. The first-order valence-electron chi connectivity index (χ1n) is 6.77. The van der Waals surface area contributed by atoms with Crippen LogP contribution in [-0.4, -0.2) is 36.3 Å². The molecule has 0 saturated heterocycles. The first-order chi connectivity index (χ1) is 9.69. The molecule has 0 aliphatic carbocycles. The normalized spacial score (nSPS) is 12.8. The molecule has 0 aliphatic heterocycles. The van der Waals surface area contributed by atoms with Gasteiger partial charge in [-0.2, -0.15) is 0 Å². The van der Waals surface area contributed by atoms with Crippen molar-refractivity contribution >= 4 is 22.6 Å². The van der Waals surface area contributed by atoms with Crippen molar-refractivity contribution in [1.29, 1.82) is 0 Å². The third-order valence-corrected chi connectivity index (χ3v) is 3.49. The molecule has 4 nitrogen and oxygen atoms in total. The van der Waals surface area contributed by atoms with E-state index in [0.29, 0.717) is 11.8 Å². The average molecular weight is 297 g/mol. The van der Waals surface area contributed by atoms with Crippen LogP contribution >= 0.6 is 11.6 Å². The molecule has 1 aromatic heterocycles. The second kappa shape index (κ2) is 6.95. The van der Waals surface area contributed by atoms with Crippen LogP contribution in [0.4, 0.5) is 0 Å². The highest BCUT2D eigenvalue weighted by molar-refractivity contribution is 6.17. The lowest BCUT2D eigenvalue weighted by molar-refractivity contribution is 0.151. The number of alkyl halides is 1. The lowest BCUT2D eigenvalue weighted by Gasteiger charge is -2.14. The van der Waals surface area contributed by atoms with Gasteiger partial charge in [0.15, 0.2) is 0 Å². The van der Waals surface area contributed by atoms with Gasteiger partial charge in [0.05, 0.1) is 24.8 Å². The molecular weight excluding hydrogens is 276 g/mol. The van der Waals surface area contributed by atoms with Gasteiger partial charge in [0, 0.05) is 32.0 Å². The van der Waals surface area contributed by atoms with E-state index in [2.05, 4.69) is 22.5 Å². The maximum atomic E-state index is 5.89. The van der Waals surface area contributed by atoms with Crippen LogP contribution in [0.3, 0.4) is 0 Å². The summed E-state index contributed by atoms with van der Waals surface area (Å²) in [6, 6.07) is 5.98. The molecule has 0 radical (unpaired) electrons. The Morgan fingerprint density at radius 2 is 2.15 bits per heavy atom. The number of nitrogens with zero attached hydrogens (tertiary/aromatic N) is 2. The van der Waals surface area contributed by atoms with E-state index in [9.17, 15) is 0 Å². The summed E-state index contributed by atoms with van der Waals surface area (Å²) in [6.45, 7) is 3.78. The van der Waals surface area contributed by atoms with E-state index in [0.717, 1.165) is 42.2 Å². The number of methoxy groups -OCH3 is 2. The third-order valence-electron chi connectivity index (χ3n) is 3.30. The Labute approximate surface area is 124 Å². The minimum absolute atomic E-state index is 0.425. The molecular formula is C15H21ClN2O2. The summed E-state index contributed by atoms with van der Waals surface area (Å²) in [7, 11) is 3.39. The first-order valence-corrected chi connectivity index (χ1v) is 7.31. The molecule has 1 aromatic carbocycles. The summed E-state index contributed by atoms with van der Waals surface area (Å²) < 4.78 is 12.7. The Morgan fingerprint density at radius 3 is 2.80 bits per heavy atom. The Balaban J connectivity index is 2.40. The van der Waals surface area contributed by atoms with Crippen molar-refractivity contribution < 1.29 is 9.47 Å². The van der Waals surface area contributed by atoms with Crippen LogP contribution in [0.2, 0.25) is 0 Å². The largest absolute Gasteiger partial charge is 0.497 e. The number of ether oxygens (including phenoxy) is 2. The van der Waals surface area contributed by atoms with E-state index in [1.165, 1.54) is 0 Å². The summed E-state index contributed by atoms with van der Waals surface area (Å²) in [5.74, 6) is 2.84. The lowest BCUT2D eigenvalue weighted by atomic mass is 10.2. The smallest absolute Gasteiger partial charge is 0.121 e. The van der Waals surface area contributed by atoms with Gasteiger partial charge in [-0.05, 0) is 18.1 Å². The minimum Gasteiger partial charge on any atom is -0.497 e.